The first-order valence-corrected chi connectivity index (χ1v) is 9.55. The maximum atomic E-state index is 12.7. The Labute approximate surface area is 147 Å². The molecule has 0 amide bonds. The predicted octanol–water partition coefficient (Wildman–Crippen LogP) is 3.88. The first-order valence-electron chi connectivity index (χ1n) is 8.40. The zero-order valence-electron chi connectivity index (χ0n) is 14.7. The van der Waals surface area contributed by atoms with E-state index in [1.807, 2.05) is 19.2 Å². The molecule has 0 saturated heterocycles. The second kappa shape index (κ2) is 11.6. The van der Waals surface area contributed by atoms with Crippen molar-refractivity contribution in [1.29, 1.82) is 0 Å². The minimum Gasteiger partial charge on any atom is -0.462 e. The van der Waals surface area contributed by atoms with Crippen LogP contribution in [0.3, 0.4) is 0 Å². The second-order valence-corrected chi connectivity index (χ2v) is 6.61. The summed E-state index contributed by atoms with van der Waals surface area (Å²) in [6, 6.07) is 8.96. The van der Waals surface area contributed by atoms with Crippen LogP contribution in [0.1, 0.15) is 33.6 Å². The molecule has 0 N–H and O–H groups in total. The number of unbranched alkanes of at least 4 members (excludes halogenated alkanes) is 1. The molecule has 0 fully saturated rings. The highest BCUT2D eigenvalue weighted by molar-refractivity contribution is 7.90. The van der Waals surface area contributed by atoms with E-state index < -0.39 is 16.8 Å². The van der Waals surface area contributed by atoms with E-state index in [0.717, 1.165) is 25.9 Å². The fourth-order valence-electron chi connectivity index (χ4n) is 1.94. The summed E-state index contributed by atoms with van der Waals surface area (Å²) in [6.45, 7) is 8.23. The third-order valence-electron chi connectivity index (χ3n) is 3.45. The molecular weight excluding hydrogens is 322 g/mol. The number of hydrogen-bond acceptors (Lipinski definition) is 4. The molecule has 1 atom stereocenters. The van der Waals surface area contributed by atoms with E-state index in [4.69, 9.17) is 4.74 Å². The van der Waals surface area contributed by atoms with Crippen LogP contribution in [0.5, 0.6) is 0 Å². The Morgan fingerprint density at radius 2 is 1.83 bits per heavy atom. The fraction of sp³-hybridized carbons (Fsp3) is 0.421. The van der Waals surface area contributed by atoms with E-state index in [2.05, 4.69) is 18.7 Å². The van der Waals surface area contributed by atoms with E-state index in [1.54, 1.807) is 36.4 Å². The highest BCUT2D eigenvalue weighted by Crippen LogP contribution is 2.16. The number of hydrogen-bond donors (Lipinski definition) is 0. The minimum absolute atomic E-state index is 0.167. The number of esters is 1. The van der Waals surface area contributed by atoms with E-state index in [-0.39, 0.29) is 4.91 Å². The third-order valence-corrected chi connectivity index (χ3v) is 4.85. The normalized spacial score (nSPS) is 13.0. The molecule has 0 aliphatic heterocycles. The summed E-state index contributed by atoms with van der Waals surface area (Å²) >= 11 is 0. The SMILES string of the molecule is CCCCOC(=O)/C(=C/C=C/N(CC)CC)S(=O)c1ccccc1. The average molecular weight is 349 g/mol. The Kier molecular flexibility index (Phi) is 9.77. The number of carbonyl (C=O) groups is 1. The highest BCUT2D eigenvalue weighted by atomic mass is 32.2. The Morgan fingerprint density at radius 1 is 1.17 bits per heavy atom. The zero-order chi connectivity index (χ0) is 17.8. The molecule has 1 unspecified atom stereocenters. The number of allylic oxidation sites excluding steroid dienone is 2. The lowest BCUT2D eigenvalue weighted by molar-refractivity contribution is -0.138. The van der Waals surface area contributed by atoms with Gasteiger partial charge in [-0.15, -0.1) is 0 Å². The van der Waals surface area contributed by atoms with Gasteiger partial charge in [0.05, 0.1) is 17.4 Å². The fourth-order valence-corrected chi connectivity index (χ4v) is 3.01. The van der Waals surface area contributed by atoms with Gasteiger partial charge in [-0.05, 0) is 50.8 Å². The summed E-state index contributed by atoms with van der Waals surface area (Å²) in [6.07, 6.45) is 6.98. The first-order chi connectivity index (χ1) is 11.6. The number of nitrogens with zero attached hydrogens (tertiary/aromatic N) is 1. The van der Waals surface area contributed by atoms with E-state index in [1.165, 1.54) is 0 Å². The van der Waals surface area contributed by atoms with Gasteiger partial charge in [0.25, 0.3) is 0 Å². The summed E-state index contributed by atoms with van der Waals surface area (Å²) < 4.78 is 18.0. The first kappa shape index (κ1) is 20.2. The van der Waals surface area contributed by atoms with Crippen LogP contribution in [0.4, 0.5) is 0 Å². The number of rotatable bonds is 10. The van der Waals surface area contributed by atoms with E-state index in [0.29, 0.717) is 11.5 Å². The minimum atomic E-state index is -1.56. The van der Waals surface area contributed by atoms with Crippen LogP contribution in [0.15, 0.2) is 58.5 Å². The summed E-state index contributed by atoms with van der Waals surface area (Å²) in [5.41, 5.74) is 0. The molecule has 0 aromatic heterocycles. The average Bonchev–Trinajstić information content (AvgIpc) is 2.62. The second-order valence-electron chi connectivity index (χ2n) is 5.16. The molecule has 0 aliphatic rings. The molecule has 0 radical (unpaired) electrons. The molecule has 1 rings (SSSR count). The van der Waals surface area contributed by atoms with Crippen molar-refractivity contribution in [3.8, 4) is 0 Å². The van der Waals surface area contributed by atoms with Crippen LogP contribution in [-0.2, 0) is 20.3 Å². The maximum Gasteiger partial charge on any atom is 0.347 e. The lowest BCUT2D eigenvalue weighted by Crippen LogP contribution is -2.15. The highest BCUT2D eigenvalue weighted by Gasteiger charge is 2.19. The van der Waals surface area contributed by atoms with Gasteiger partial charge in [0, 0.05) is 18.0 Å². The van der Waals surface area contributed by atoms with Crippen molar-refractivity contribution in [2.45, 2.75) is 38.5 Å². The Hall–Kier alpha value is -1.88. The van der Waals surface area contributed by atoms with Gasteiger partial charge < -0.3 is 9.64 Å². The van der Waals surface area contributed by atoms with Crippen molar-refractivity contribution in [3.63, 3.8) is 0 Å². The lowest BCUT2D eigenvalue weighted by Gasteiger charge is -2.14. The zero-order valence-corrected chi connectivity index (χ0v) is 15.6. The van der Waals surface area contributed by atoms with Crippen LogP contribution in [0.2, 0.25) is 0 Å². The molecular formula is C19H27NO3S. The van der Waals surface area contributed by atoms with Crippen LogP contribution in [0.25, 0.3) is 0 Å². The number of ether oxygens (including phenoxy) is 1. The molecule has 0 heterocycles. The topological polar surface area (TPSA) is 46.6 Å². The standard InChI is InChI=1S/C19H27NO3S/c1-4-7-16-23-19(21)18(14-11-15-20(5-2)6-3)24(22)17-12-9-8-10-13-17/h8-15H,4-7,16H2,1-3H3/b15-11+,18-14-. The monoisotopic (exact) mass is 349 g/mol. The van der Waals surface area contributed by atoms with Crippen molar-refractivity contribution < 1.29 is 13.7 Å². The van der Waals surface area contributed by atoms with E-state index >= 15 is 0 Å². The molecule has 0 aliphatic carbocycles. The molecule has 1 aromatic carbocycles. The van der Waals surface area contributed by atoms with Crippen molar-refractivity contribution in [2.75, 3.05) is 19.7 Å². The van der Waals surface area contributed by atoms with Gasteiger partial charge in [0.1, 0.15) is 4.91 Å². The molecule has 1 aromatic rings. The molecule has 5 heteroatoms. The molecule has 24 heavy (non-hydrogen) atoms. The summed E-state index contributed by atoms with van der Waals surface area (Å²) in [5.74, 6) is -0.519. The Balaban J connectivity index is 2.98. The predicted molar refractivity (Wildman–Crippen MR) is 98.9 cm³/mol. The molecule has 0 spiro atoms. The smallest absolute Gasteiger partial charge is 0.347 e. The largest absolute Gasteiger partial charge is 0.462 e. The molecule has 0 bridgehead atoms. The van der Waals surface area contributed by atoms with Crippen LogP contribution >= 0.6 is 0 Å². The quantitative estimate of drug-likeness (QED) is 0.278. The van der Waals surface area contributed by atoms with E-state index in [9.17, 15) is 9.00 Å². The van der Waals surface area contributed by atoms with Crippen LogP contribution < -0.4 is 0 Å². The van der Waals surface area contributed by atoms with Crippen LogP contribution in [-0.4, -0.2) is 34.8 Å². The molecule has 132 valence electrons. The summed E-state index contributed by atoms with van der Waals surface area (Å²) in [7, 11) is -1.56. The van der Waals surface area contributed by atoms with Crippen molar-refractivity contribution in [2.24, 2.45) is 0 Å². The van der Waals surface area contributed by atoms with Gasteiger partial charge in [-0.3, -0.25) is 0 Å². The lowest BCUT2D eigenvalue weighted by atomic mass is 10.4. The molecule has 4 nitrogen and oxygen atoms in total. The summed E-state index contributed by atoms with van der Waals surface area (Å²) in [4.78, 5) is 15.2. The Bertz CT molecular complexity index is 578. The third kappa shape index (κ3) is 6.71. The van der Waals surface area contributed by atoms with Gasteiger partial charge in [0.15, 0.2) is 0 Å². The van der Waals surface area contributed by atoms with Gasteiger partial charge in [-0.25, -0.2) is 9.00 Å². The van der Waals surface area contributed by atoms with Gasteiger partial charge >= 0.3 is 5.97 Å². The van der Waals surface area contributed by atoms with Crippen molar-refractivity contribution in [1.82, 2.24) is 4.90 Å². The van der Waals surface area contributed by atoms with Gasteiger partial charge in [-0.1, -0.05) is 31.5 Å². The molecule has 0 saturated carbocycles. The van der Waals surface area contributed by atoms with Crippen molar-refractivity contribution >= 4 is 16.8 Å². The van der Waals surface area contributed by atoms with Gasteiger partial charge in [-0.2, -0.15) is 0 Å². The Morgan fingerprint density at radius 3 is 2.42 bits per heavy atom. The van der Waals surface area contributed by atoms with Crippen LogP contribution in [0, 0.1) is 0 Å². The van der Waals surface area contributed by atoms with Crippen molar-refractivity contribution in [3.05, 3.63) is 53.6 Å². The number of benzene rings is 1. The summed E-state index contributed by atoms with van der Waals surface area (Å²) in [5, 5.41) is 0. The number of carbonyl (C=O) groups excluding carboxylic acids is 1. The van der Waals surface area contributed by atoms with Gasteiger partial charge in [0.2, 0.25) is 0 Å². The maximum absolute atomic E-state index is 12.7.